The van der Waals surface area contributed by atoms with Gasteiger partial charge in [0.15, 0.2) is 12.4 Å². The van der Waals surface area contributed by atoms with Crippen LogP contribution in [0.15, 0.2) is 0 Å². The van der Waals surface area contributed by atoms with Crippen molar-refractivity contribution in [1.29, 1.82) is 0 Å². The zero-order valence-corrected chi connectivity index (χ0v) is 35.9. The molecule has 0 aliphatic carbocycles. The third-order valence-electron chi connectivity index (χ3n) is 8.53. The van der Waals surface area contributed by atoms with Crippen molar-refractivity contribution in [2.45, 2.75) is 141 Å². The van der Waals surface area contributed by atoms with Gasteiger partial charge in [0.25, 0.3) is 0 Å². The van der Waals surface area contributed by atoms with Crippen molar-refractivity contribution < 1.29 is 91.1 Å². The fourth-order valence-electron chi connectivity index (χ4n) is 5.30. The van der Waals surface area contributed by atoms with Crippen LogP contribution in [0.4, 0.5) is 0 Å². The lowest BCUT2D eigenvalue weighted by molar-refractivity contribution is -0.266. The highest BCUT2D eigenvalue weighted by Crippen LogP contribution is 2.43. The number of amides is 6. The average Bonchev–Trinajstić information content (AvgIpc) is 3.18. The number of phosphoric ester groups is 1. The molecule has 6 amide bonds. The van der Waals surface area contributed by atoms with E-state index in [0.717, 1.165) is 6.92 Å². The summed E-state index contributed by atoms with van der Waals surface area (Å²) in [6.07, 6.45) is -8.19. The van der Waals surface area contributed by atoms with Crippen molar-refractivity contribution in [2.75, 3.05) is 33.0 Å². The first-order chi connectivity index (χ1) is 28.5. The Balaban J connectivity index is 2.60. The molecule has 0 saturated carbocycles. The molecule has 26 heteroatoms. The maximum Gasteiger partial charge on any atom is 0.472 e. The molecule has 2 unspecified atom stereocenters. The maximum absolute atomic E-state index is 12.9. The molecule has 1 aliphatic rings. The molecule has 1 aliphatic heterocycles. The number of hydrogen-bond acceptors (Lipinski definition) is 18. The van der Waals surface area contributed by atoms with E-state index >= 15 is 0 Å². The van der Waals surface area contributed by atoms with Crippen molar-refractivity contribution in [2.24, 2.45) is 5.73 Å². The molecule has 0 aromatic heterocycles. The molecular weight excluding hydrogens is 839 g/mol. The number of hydrogen-bond donors (Lipinski definition) is 10. The van der Waals surface area contributed by atoms with Crippen LogP contribution in [0.1, 0.15) is 80.1 Å². The van der Waals surface area contributed by atoms with Crippen LogP contribution in [0.2, 0.25) is 0 Å². The van der Waals surface area contributed by atoms with Crippen molar-refractivity contribution in [3.05, 3.63) is 0 Å². The molecule has 0 radical (unpaired) electrons. The van der Waals surface area contributed by atoms with Crippen LogP contribution in [-0.2, 0) is 70.9 Å². The van der Waals surface area contributed by atoms with Gasteiger partial charge in [0.1, 0.15) is 55.2 Å². The van der Waals surface area contributed by atoms with Gasteiger partial charge >= 0.3 is 19.8 Å². The number of aliphatic hydroxyl groups is 3. The molecule has 350 valence electrons. The Morgan fingerprint density at radius 1 is 0.836 bits per heavy atom. The predicted molar refractivity (Wildman–Crippen MR) is 207 cm³/mol. The van der Waals surface area contributed by atoms with Gasteiger partial charge in [-0.1, -0.05) is 13.8 Å². The van der Waals surface area contributed by atoms with Gasteiger partial charge in [-0.3, -0.25) is 47.4 Å². The van der Waals surface area contributed by atoms with Gasteiger partial charge < -0.3 is 71.5 Å². The lowest BCUT2D eigenvalue weighted by Crippen LogP contribution is -2.65. The van der Waals surface area contributed by atoms with Gasteiger partial charge in [0.2, 0.25) is 35.4 Å². The first-order valence-electron chi connectivity index (χ1n) is 19.5. The highest BCUT2D eigenvalue weighted by atomic mass is 31.2. The van der Waals surface area contributed by atoms with Gasteiger partial charge in [0, 0.05) is 32.7 Å². The quantitative estimate of drug-likeness (QED) is 0.0206. The maximum atomic E-state index is 12.9. The van der Waals surface area contributed by atoms with Crippen LogP contribution < -0.4 is 32.3 Å². The fraction of sp³-hybridized carbons (Fsp3) is 0.771. The first kappa shape index (κ1) is 54.7. The Kier molecular flexibility index (Phi) is 24.7. The summed E-state index contributed by atoms with van der Waals surface area (Å²) in [5, 5.41) is 42.1. The first-order valence-corrected chi connectivity index (χ1v) is 21.0. The average molecular weight is 901 g/mol. The number of aliphatic hydroxyl groups excluding tert-OH is 3. The largest absolute Gasteiger partial charge is 0.472 e. The highest BCUT2D eigenvalue weighted by molar-refractivity contribution is 7.47. The Labute approximate surface area is 352 Å². The summed E-state index contributed by atoms with van der Waals surface area (Å²) in [6, 6.07) is -5.18. The van der Waals surface area contributed by atoms with Gasteiger partial charge in [0.05, 0.1) is 19.8 Å². The molecule has 25 nitrogen and oxygen atoms in total. The molecule has 0 aromatic rings. The summed E-state index contributed by atoms with van der Waals surface area (Å²) in [7, 11) is -4.73. The SMILES string of the molecule is CCCC(=O)OC[C@H](COP(=O)(O)OCCNC(=O)[C@H](C)NC(=O)CC[C@@H](NC(=O)[C@H](C)NC(=O)[C@@H](C)O[C@H]1[C@H](O)[C@@H](CO)OC(O)[C@@H]1NC(C)=O)C(N)=O)OC(=O)CCC. The van der Waals surface area contributed by atoms with Crippen molar-refractivity contribution in [3.8, 4) is 0 Å². The van der Waals surface area contributed by atoms with Crippen LogP contribution in [0.3, 0.4) is 0 Å². The van der Waals surface area contributed by atoms with E-state index in [1.807, 2.05) is 0 Å². The second-order valence-corrected chi connectivity index (χ2v) is 15.4. The van der Waals surface area contributed by atoms with E-state index in [4.69, 9.17) is 33.7 Å². The second-order valence-electron chi connectivity index (χ2n) is 13.9. The summed E-state index contributed by atoms with van der Waals surface area (Å²) >= 11 is 0. The van der Waals surface area contributed by atoms with Crippen molar-refractivity contribution in [1.82, 2.24) is 26.6 Å². The lowest BCUT2D eigenvalue weighted by atomic mass is 9.96. The summed E-state index contributed by atoms with van der Waals surface area (Å²) in [4.78, 5) is 108. The van der Waals surface area contributed by atoms with E-state index in [0.29, 0.717) is 12.8 Å². The van der Waals surface area contributed by atoms with Crippen LogP contribution in [0.25, 0.3) is 0 Å². The Bertz CT molecular complexity index is 1540. The van der Waals surface area contributed by atoms with Gasteiger partial charge in [-0.2, -0.15) is 0 Å². The number of ether oxygens (including phenoxy) is 4. The van der Waals surface area contributed by atoms with E-state index in [2.05, 4.69) is 26.6 Å². The van der Waals surface area contributed by atoms with Gasteiger partial charge in [-0.05, 0) is 40.0 Å². The van der Waals surface area contributed by atoms with E-state index < -0.39 is 149 Å². The molecule has 0 spiro atoms. The summed E-state index contributed by atoms with van der Waals surface area (Å²) in [6.45, 7) is 5.84. The highest BCUT2D eigenvalue weighted by Gasteiger charge is 2.47. The van der Waals surface area contributed by atoms with Crippen LogP contribution >= 0.6 is 7.82 Å². The molecule has 0 aromatic carbocycles. The number of primary amides is 1. The number of carbonyl (C=O) groups is 8. The molecule has 11 N–H and O–H groups in total. The fourth-order valence-corrected chi connectivity index (χ4v) is 6.05. The number of phosphoric acid groups is 1. The summed E-state index contributed by atoms with van der Waals surface area (Å²) in [5.74, 6) is -6.07. The zero-order valence-electron chi connectivity index (χ0n) is 35.0. The number of nitrogens with two attached hydrogens (primary N) is 1. The van der Waals surface area contributed by atoms with Crippen LogP contribution in [-0.4, -0.2) is 162 Å². The number of esters is 2. The van der Waals surface area contributed by atoms with Crippen molar-refractivity contribution in [3.63, 3.8) is 0 Å². The third kappa shape index (κ3) is 20.9. The van der Waals surface area contributed by atoms with Crippen molar-refractivity contribution >= 4 is 55.2 Å². The zero-order chi connectivity index (χ0) is 46.4. The predicted octanol–water partition coefficient (Wildman–Crippen LogP) is -3.60. The molecule has 1 saturated heterocycles. The Morgan fingerprint density at radius 3 is 2.05 bits per heavy atom. The minimum atomic E-state index is -4.73. The molecule has 1 fully saturated rings. The van der Waals surface area contributed by atoms with E-state index in [-0.39, 0.29) is 25.8 Å². The summed E-state index contributed by atoms with van der Waals surface area (Å²) < 4.78 is 43.0. The number of rotatable bonds is 28. The number of nitrogens with one attached hydrogen (secondary N) is 5. The van der Waals surface area contributed by atoms with E-state index in [1.165, 1.54) is 20.8 Å². The molecule has 1 heterocycles. The standard InChI is InChI=1S/C35H61N6O19P/c1-7-9-26(45)55-16-22(59-27(46)10-8-2)17-57-61(53,54)56-14-13-37-32(49)18(3)38-25(44)12-11-23(31(36)48)41-33(50)19(4)39-34(51)20(5)58-30-28(40-21(6)43)35(52)60-24(15-42)29(30)47/h18-20,22-24,28-30,35,42,47,52H,7-17H2,1-6H3,(H2,36,48)(H,37,49)(H,38,44)(H,39,51)(H,40,43)(H,41,50)(H,53,54)/t18-,19-,20+,22+,23+,24+,28+,29+,30+,35?/m0/s1. The minimum absolute atomic E-state index is 0.0528. The smallest absolute Gasteiger partial charge is 0.462 e. The number of carbonyl (C=O) groups excluding carboxylic acids is 8. The second kappa shape index (κ2) is 27.6. The molecule has 0 bridgehead atoms. The van der Waals surface area contributed by atoms with Gasteiger partial charge in [-0.15, -0.1) is 0 Å². The molecule has 11 atom stereocenters. The van der Waals surface area contributed by atoms with Gasteiger partial charge in [-0.25, -0.2) is 4.57 Å². The monoisotopic (exact) mass is 900 g/mol. The molecule has 61 heavy (non-hydrogen) atoms. The normalized spacial score (nSPS) is 22.1. The minimum Gasteiger partial charge on any atom is -0.462 e. The third-order valence-corrected chi connectivity index (χ3v) is 9.52. The molecular formula is C35H61N6O19P. The van der Waals surface area contributed by atoms with Crippen LogP contribution in [0.5, 0.6) is 0 Å². The van der Waals surface area contributed by atoms with E-state index in [1.54, 1.807) is 13.8 Å². The van der Waals surface area contributed by atoms with Crippen LogP contribution in [0, 0.1) is 0 Å². The Hall–Kier alpha value is -4.33. The Morgan fingerprint density at radius 2 is 1.46 bits per heavy atom. The summed E-state index contributed by atoms with van der Waals surface area (Å²) in [5.41, 5.74) is 5.41. The van der Waals surface area contributed by atoms with E-state index in [9.17, 15) is 63.1 Å². The topological polar surface area (TPSA) is 376 Å². The lowest BCUT2D eigenvalue weighted by Gasteiger charge is -2.43. The molecule has 1 rings (SSSR count).